The van der Waals surface area contributed by atoms with Gasteiger partial charge in [0.15, 0.2) is 0 Å². The minimum Gasteiger partial charge on any atom is -0.354 e. The van der Waals surface area contributed by atoms with Crippen molar-refractivity contribution in [1.82, 2.24) is 10.2 Å². The van der Waals surface area contributed by atoms with Crippen LogP contribution < -0.4 is 5.32 Å². The molecule has 0 fully saturated rings. The second-order valence-corrected chi connectivity index (χ2v) is 8.61. The lowest BCUT2D eigenvalue weighted by atomic mass is 10.1. The molecule has 2 aromatic rings. The minimum absolute atomic E-state index is 0.161. The Morgan fingerprint density at radius 2 is 1.77 bits per heavy atom. The lowest BCUT2D eigenvalue weighted by Gasteiger charge is -2.28. The van der Waals surface area contributed by atoms with Gasteiger partial charge in [-0.1, -0.05) is 48.3 Å². The van der Waals surface area contributed by atoms with Crippen molar-refractivity contribution < 1.29 is 14.0 Å². The summed E-state index contributed by atoms with van der Waals surface area (Å²) in [5.74, 6) is -0.116. The van der Waals surface area contributed by atoms with E-state index in [1.54, 1.807) is 37.3 Å². The maximum Gasteiger partial charge on any atom is 0.242 e. The Morgan fingerprint density at radius 3 is 2.37 bits per heavy atom. The van der Waals surface area contributed by atoms with Crippen LogP contribution in [0.1, 0.15) is 31.4 Å². The second-order valence-electron chi connectivity index (χ2n) is 6.81. The average molecular weight is 471 g/mol. The van der Waals surface area contributed by atoms with Gasteiger partial charge in [0.2, 0.25) is 11.8 Å². The van der Waals surface area contributed by atoms with E-state index in [4.69, 9.17) is 23.2 Å². The van der Waals surface area contributed by atoms with Gasteiger partial charge in [-0.15, -0.1) is 11.8 Å². The van der Waals surface area contributed by atoms with Gasteiger partial charge >= 0.3 is 0 Å². The lowest BCUT2D eigenvalue weighted by Crippen LogP contribution is -2.48. The third-order valence-corrected chi connectivity index (χ3v) is 6.17. The number of hydrogen-bond donors (Lipinski definition) is 1. The number of carbonyl (C=O) groups is 2. The topological polar surface area (TPSA) is 49.4 Å². The number of amides is 2. The summed E-state index contributed by atoms with van der Waals surface area (Å²) in [6, 6.07) is 10.5. The molecule has 2 amide bonds. The van der Waals surface area contributed by atoms with E-state index in [0.29, 0.717) is 22.3 Å². The molecule has 0 heterocycles. The van der Waals surface area contributed by atoms with E-state index in [1.807, 2.05) is 6.92 Å². The molecule has 30 heavy (non-hydrogen) atoms. The van der Waals surface area contributed by atoms with Crippen molar-refractivity contribution >= 4 is 46.8 Å². The molecule has 1 atom stereocenters. The van der Waals surface area contributed by atoms with Crippen LogP contribution in [0.4, 0.5) is 4.39 Å². The van der Waals surface area contributed by atoms with Gasteiger partial charge in [-0.25, -0.2) is 4.39 Å². The summed E-state index contributed by atoms with van der Waals surface area (Å²) in [7, 11) is 0. The fraction of sp³-hybridized carbons (Fsp3) is 0.364. The molecule has 2 aromatic carbocycles. The highest BCUT2D eigenvalue weighted by atomic mass is 35.5. The zero-order valence-corrected chi connectivity index (χ0v) is 19.3. The van der Waals surface area contributed by atoms with Crippen LogP contribution in [0.15, 0.2) is 42.5 Å². The third-order valence-electron chi connectivity index (χ3n) is 4.52. The maximum absolute atomic E-state index is 13.2. The molecule has 0 saturated carbocycles. The van der Waals surface area contributed by atoms with E-state index < -0.39 is 6.04 Å². The molecule has 0 bridgehead atoms. The first-order chi connectivity index (χ1) is 14.3. The van der Waals surface area contributed by atoms with Gasteiger partial charge in [0.25, 0.3) is 0 Å². The predicted octanol–water partition coefficient (Wildman–Crippen LogP) is 5.31. The van der Waals surface area contributed by atoms with Crippen molar-refractivity contribution in [3.63, 3.8) is 0 Å². The number of carbonyl (C=O) groups excluding carboxylic acids is 2. The molecule has 0 unspecified atom stereocenters. The van der Waals surface area contributed by atoms with E-state index >= 15 is 0 Å². The predicted molar refractivity (Wildman–Crippen MR) is 122 cm³/mol. The molecule has 162 valence electrons. The van der Waals surface area contributed by atoms with Crippen molar-refractivity contribution in [1.29, 1.82) is 0 Å². The van der Waals surface area contributed by atoms with Crippen LogP contribution in [0.3, 0.4) is 0 Å². The number of thioether (sulfide) groups is 1. The molecule has 0 saturated heterocycles. The smallest absolute Gasteiger partial charge is 0.242 e. The van der Waals surface area contributed by atoms with Crippen molar-refractivity contribution in [3.8, 4) is 0 Å². The first-order valence-electron chi connectivity index (χ1n) is 9.65. The van der Waals surface area contributed by atoms with Crippen LogP contribution in [0.5, 0.6) is 0 Å². The molecule has 0 radical (unpaired) electrons. The largest absolute Gasteiger partial charge is 0.354 e. The Bertz CT molecular complexity index is 844. The highest BCUT2D eigenvalue weighted by Crippen LogP contribution is 2.28. The molecule has 8 heteroatoms. The van der Waals surface area contributed by atoms with Crippen LogP contribution in [0.2, 0.25) is 10.0 Å². The molecule has 1 N–H and O–H groups in total. The summed E-state index contributed by atoms with van der Waals surface area (Å²) < 4.78 is 13.2. The zero-order valence-electron chi connectivity index (χ0n) is 17.0. The van der Waals surface area contributed by atoms with Gasteiger partial charge in [-0.3, -0.25) is 9.59 Å². The molecular formula is C22H25Cl2FN2O2S. The highest BCUT2D eigenvalue weighted by Gasteiger charge is 2.26. The molecule has 4 nitrogen and oxygen atoms in total. The molecule has 0 aromatic heterocycles. The Hall–Kier alpha value is -1.76. The van der Waals surface area contributed by atoms with Crippen LogP contribution in [0.25, 0.3) is 0 Å². The Balaban J connectivity index is 2.08. The molecule has 0 aliphatic heterocycles. The van der Waals surface area contributed by atoms with E-state index in [1.165, 1.54) is 28.8 Å². The lowest BCUT2D eigenvalue weighted by molar-refractivity contribution is -0.138. The van der Waals surface area contributed by atoms with Crippen molar-refractivity contribution in [3.05, 3.63) is 69.5 Å². The summed E-state index contributed by atoms with van der Waals surface area (Å²) in [4.78, 5) is 27.0. The van der Waals surface area contributed by atoms with Gasteiger partial charge in [0.05, 0.1) is 5.75 Å². The molecule has 0 spiro atoms. The summed E-state index contributed by atoms with van der Waals surface area (Å²) in [5, 5.41) is 3.93. The number of halogens is 3. The number of hydrogen-bond acceptors (Lipinski definition) is 3. The third kappa shape index (κ3) is 7.18. The summed E-state index contributed by atoms with van der Waals surface area (Å²) in [5.41, 5.74) is 1.52. The Labute approximate surface area is 191 Å². The van der Waals surface area contributed by atoms with Gasteiger partial charge in [-0.2, -0.15) is 0 Å². The van der Waals surface area contributed by atoms with E-state index in [9.17, 15) is 14.0 Å². The SMILES string of the molecule is CCCNC(=O)[C@H](C)N(Cc1ccc(F)cc1)C(=O)CSCc1c(Cl)cccc1Cl. The van der Waals surface area contributed by atoms with Crippen molar-refractivity contribution in [2.24, 2.45) is 0 Å². The fourth-order valence-electron chi connectivity index (χ4n) is 2.76. The summed E-state index contributed by atoms with van der Waals surface area (Å²) in [6.45, 7) is 4.42. The normalized spacial score (nSPS) is 11.8. The van der Waals surface area contributed by atoms with E-state index in [-0.39, 0.29) is 29.9 Å². The number of benzene rings is 2. The molecular weight excluding hydrogens is 446 g/mol. The minimum atomic E-state index is -0.654. The first kappa shape index (κ1) is 24.5. The monoisotopic (exact) mass is 470 g/mol. The first-order valence-corrected chi connectivity index (χ1v) is 11.6. The van der Waals surface area contributed by atoms with Gasteiger partial charge in [-0.05, 0) is 48.7 Å². The van der Waals surface area contributed by atoms with E-state index in [0.717, 1.165) is 17.5 Å². The van der Waals surface area contributed by atoms with Gasteiger partial charge in [0.1, 0.15) is 11.9 Å². The summed E-state index contributed by atoms with van der Waals surface area (Å²) >= 11 is 13.8. The van der Waals surface area contributed by atoms with Crippen LogP contribution >= 0.6 is 35.0 Å². The number of nitrogens with zero attached hydrogens (tertiary/aromatic N) is 1. The van der Waals surface area contributed by atoms with Crippen LogP contribution in [0, 0.1) is 5.82 Å². The Morgan fingerprint density at radius 1 is 1.13 bits per heavy atom. The van der Waals surface area contributed by atoms with Crippen LogP contribution in [-0.4, -0.2) is 35.1 Å². The standard InChI is InChI=1S/C22H25Cl2FN2O2S/c1-3-11-26-22(29)15(2)27(12-16-7-9-17(25)10-8-16)21(28)14-30-13-18-19(23)5-4-6-20(18)24/h4-10,15H,3,11-14H2,1-2H3,(H,26,29)/t15-/m0/s1. The van der Waals surface area contributed by atoms with Crippen LogP contribution in [-0.2, 0) is 21.9 Å². The quantitative estimate of drug-likeness (QED) is 0.511. The molecule has 0 aliphatic carbocycles. The summed E-state index contributed by atoms with van der Waals surface area (Å²) in [6.07, 6.45) is 0.804. The second kappa shape index (κ2) is 12.2. The molecule has 2 rings (SSSR count). The van der Waals surface area contributed by atoms with Gasteiger partial charge < -0.3 is 10.2 Å². The maximum atomic E-state index is 13.2. The zero-order chi connectivity index (χ0) is 22.1. The highest BCUT2D eigenvalue weighted by molar-refractivity contribution is 7.99. The van der Waals surface area contributed by atoms with Crippen molar-refractivity contribution in [2.45, 2.75) is 38.6 Å². The van der Waals surface area contributed by atoms with E-state index in [2.05, 4.69) is 5.32 Å². The van der Waals surface area contributed by atoms with Gasteiger partial charge in [0, 0.05) is 28.9 Å². The fourth-order valence-corrected chi connectivity index (χ4v) is 4.41. The molecule has 0 aliphatic rings. The number of rotatable bonds is 10. The van der Waals surface area contributed by atoms with Crippen molar-refractivity contribution in [2.75, 3.05) is 12.3 Å². The Kier molecular flexibility index (Phi) is 9.95. The number of nitrogens with one attached hydrogen (secondary N) is 1. The average Bonchev–Trinajstić information content (AvgIpc) is 2.73.